The summed E-state index contributed by atoms with van der Waals surface area (Å²) in [5.41, 5.74) is 0.528. The van der Waals surface area contributed by atoms with E-state index in [1.807, 2.05) is 0 Å². The standard InChI is InChI=1S/C12H19N3O3S/c1-15(19(2,16)17)10-3-4-12(14-9-10)18-11-5-7-13-8-6-11/h3-4,9,11,13H,5-8H2,1-2H3. The van der Waals surface area contributed by atoms with Crippen LogP contribution in [0.25, 0.3) is 0 Å². The topological polar surface area (TPSA) is 71.5 Å². The average molecular weight is 285 g/mol. The lowest BCUT2D eigenvalue weighted by Gasteiger charge is -2.23. The van der Waals surface area contributed by atoms with Gasteiger partial charge >= 0.3 is 0 Å². The quantitative estimate of drug-likeness (QED) is 0.877. The zero-order valence-electron chi connectivity index (χ0n) is 11.2. The van der Waals surface area contributed by atoms with Gasteiger partial charge in [0.15, 0.2) is 0 Å². The SMILES string of the molecule is CN(c1ccc(OC2CCNCC2)nc1)S(C)(=O)=O. The van der Waals surface area contributed by atoms with Crippen LogP contribution in [0, 0.1) is 0 Å². The number of ether oxygens (including phenoxy) is 1. The number of nitrogens with one attached hydrogen (secondary N) is 1. The van der Waals surface area contributed by atoms with Gasteiger partial charge < -0.3 is 10.1 Å². The highest BCUT2D eigenvalue weighted by molar-refractivity contribution is 7.92. The van der Waals surface area contributed by atoms with Crippen LogP contribution in [0.1, 0.15) is 12.8 Å². The zero-order chi connectivity index (χ0) is 13.9. The van der Waals surface area contributed by atoms with Crippen LogP contribution in [0.3, 0.4) is 0 Å². The average Bonchev–Trinajstić information content (AvgIpc) is 2.39. The Bertz CT molecular complexity index is 510. The second kappa shape index (κ2) is 5.75. The predicted octanol–water partition coefficient (Wildman–Crippen LogP) is 0.608. The van der Waals surface area contributed by atoms with E-state index in [2.05, 4.69) is 10.3 Å². The molecule has 1 aromatic rings. The van der Waals surface area contributed by atoms with Gasteiger partial charge in [0.05, 0.1) is 18.1 Å². The molecule has 0 bridgehead atoms. The number of pyridine rings is 1. The molecule has 1 aromatic heterocycles. The first-order valence-electron chi connectivity index (χ1n) is 6.24. The summed E-state index contributed by atoms with van der Waals surface area (Å²) in [4.78, 5) is 4.16. The molecule has 0 amide bonds. The molecule has 2 rings (SSSR count). The Kier molecular flexibility index (Phi) is 4.26. The summed E-state index contributed by atoms with van der Waals surface area (Å²) in [7, 11) is -1.75. The summed E-state index contributed by atoms with van der Waals surface area (Å²) in [5.74, 6) is 0.539. The molecule has 1 N–H and O–H groups in total. The molecule has 0 aliphatic carbocycles. The van der Waals surface area contributed by atoms with Crippen molar-refractivity contribution >= 4 is 15.7 Å². The van der Waals surface area contributed by atoms with Crippen molar-refractivity contribution in [2.75, 3.05) is 30.7 Å². The first-order valence-corrected chi connectivity index (χ1v) is 8.09. The van der Waals surface area contributed by atoms with Crippen molar-refractivity contribution in [1.29, 1.82) is 0 Å². The fourth-order valence-corrected chi connectivity index (χ4v) is 2.39. The van der Waals surface area contributed by atoms with E-state index in [1.165, 1.54) is 17.5 Å². The van der Waals surface area contributed by atoms with E-state index >= 15 is 0 Å². The molecule has 0 radical (unpaired) electrons. The molecule has 1 fully saturated rings. The van der Waals surface area contributed by atoms with Crippen molar-refractivity contribution in [3.63, 3.8) is 0 Å². The van der Waals surface area contributed by atoms with Gasteiger partial charge in [0, 0.05) is 13.1 Å². The second-order valence-corrected chi connectivity index (χ2v) is 6.67. The Morgan fingerprint density at radius 2 is 2.05 bits per heavy atom. The van der Waals surface area contributed by atoms with Gasteiger partial charge in [-0.25, -0.2) is 13.4 Å². The highest BCUT2D eigenvalue weighted by atomic mass is 32.2. The normalized spacial score (nSPS) is 17.2. The lowest BCUT2D eigenvalue weighted by Crippen LogP contribution is -2.34. The maximum absolute atomic E-state index is 11.4. The smallest absolute Gasteiger partial charge is 0.232 e. The molecular weight excluding hydrogens is 266 g/mol. The molecule has 1 aliphatic heterocycles. The number of hydrogen-bond donors (Lipinski definition) is 1. The fourth-order valence-electron chi connectivity index (χ4n) is 1.90. The van der Waals surface area contributed by atoms with Crippen molar-refractivity contribution < 1.29 is 13.2 Å². The van der Waals surface area contributed by atoms with Gasteiger partial charge in [-0.2, -0.15) is 0 Å². The minimum atomic E-state index is -3.25. The highest BCUT2D eigenvalue weighted by Crippen LogP contribution is 2.19. The molecule has 1 aliphatic rings. The first kappa shape index (κ1) is 14.1. The summed E-state index contributed by atoms with van der Waals surface area (Å²) >= 11 is 0. The lowest BCUT2D eigenvalue weighted by atomic mass is 10.1. The third-order valence-corrected chi connectivity index (χ3v) is 4.36. The molecule has 0 saturated carbocycles. The molecule has 0 unspecified atom stereocenters. The van der Waals surface area contributed by atoms with Gasteiger partial charge in [0.2, 0.25) is 15.9 Å². The summed E-state index contributed by atoms with van der Waals surface area (Å²) < 4.78 is 29.7. The maximum atomic E-state index is 11.4. The Hall–Kier alpha value is -1.34. The van der Waals surface area contributed by atoms with E-state index in [9.17, 15) is 8.42 Å². The third-order valence-electron chi connectivity index (χ3n) is 3.16. The fraction of sp³-hybridized carbons (Fsp3) is 0.583. The van der Waals surface area contributed by atoms with Crippen molar-refractivity contribution in [1.82, 2.24) is 10.3 Å². The van der Waals surface area contributed by atoms with Crippen LogP contribution < -0.4 is 14.4 Å². The first-order chi connectivity index (χ1) is 8.97. The number of rotatable bonds is 4. The summed E-state index contributed by atoms with van der Waals surface area (Å²) in [6, 6.07) is 3.41. The number of piperidine rings is 1. The van der Waals surface area contributed by atoms with Gasteiger partial charge in [-0.3, -0.25) is 4.31 Å². The van der Waals surface area contributed by atoms with E-state index < -0.39 is 10.0 Å². The summed E-state index contributed by atoms with van der Waals surface area (Å²) in [6.07, 6.45) is 4.79. The molecule has 6 nitrogen and oxygen atoms in total. The van der Waals surface area contributed by atoms with Crippen LogP contribution in [-0.2, 0) is 10.0 Å². The molecule has 0 aromatic carbocycles. The number of aromatic nitrogens is 1. The molecule has 0 spiro atoms. The monoisotopic (exact) mass is 285 g/mol. The molecule has 2 heterocycles. The van der Waals surface area contributed by atoms with Crippen molar-refractivity contribution in [3.8, 4) is 5.88 Å². The zero-order valence-corrected chi connectivity index (χ0v) is 12.0. The van der Waals surface area contributed by atoms with Crippen molar-refractivity contribution in [2.45, 2.75) is 18.9 Å². The number of sulfonamides is 1. The Labute approximate surface area is 113 Å². The predicted molar refractivity (Wildman–Crippen MR) is 74.0 cm³/mol. The Morgan fingerprint density at radius 3 is 2.58 bits per heavy atom. The Balaban J connectivity index is 2.02. The van der Waals surface area contributed by atoms with Gasteiger partial charge in [0.25, 0.3) is 0 Å². The van der Waals surface area contributed by atoms with Gasteiger partial charge in [0.1, 0.15) is 6.10 Å². The van der Waals surface area contributed by atoms with Crippen LogP contribution in [0.15, 0.2) is 18.3 Å². The van der Waals surface area contributed by atoms with E-state index in [4.69, 9.17) is 4.74 Å². The van der Waals surface area contributed by atoms with Crippen LogP contribution >= 0.6 is 0 Å². The summed E-state index contributed by atoms with van der Waals surface area (Å²) in [6.45, 7) is 1.92. The van der Waals surface area contributed by atoms with E-state index in [1.54, 1.807) is 12.1 Å². The largest absolute Gasteiger partial charge is 0.474 e. The minimum absolute atomic E-state index is 0.187. The Morgan fingerprint density at radius 1 is 1.37 bits per heavy atom. The maximum Gasteiger partial charge on any atom is 0.232 e. The molecule has 7 heteroatoms. The number of hydrogen-bond acceptors (Lipinski definition) is 5. The lowest BCUT2D eigenvalue weighted by molar-refractivity contribution is 0.156. The molecule has 19 heavy (non-hydrogen) atoms. The number of anilines is 1. The molecule has 106 valence electrons. The third kappa shape index (κ3) is 3.81. The van der Waals surface area contributed by atoms with Crippen LogP contribution in [-0.4, -0.2) is 45.9 Å². The van der Waals surface area contributed by atoms with E-state index in [0.29, 0.717) is 11.6 Å². The van der Waals surface area contributed by atoms with Gasteiger partial charge in [-0.15, -0.1) is 0 Å². The van der Waals surface area contributed by atoms with Crippen LogP contribution in [0.5, 0.6) is 5.88 Å². The summed E-state index contributed by atoms with van der Waals surface area (Å²) in [5, 5.41) is 3.27. The van der Waals surface area contributed by atoms with Crippen molar-refractivity contribution in [3.05, 3.63) is 18.3 Å². The number of nitrogens with zero attached hydrogens (tertiary/aromatic N) is 2. The van der Waals surface area contributed by atoms with Crippen LogP contribution in [0.2, 0.25) is 0 Å². The van der Waals surface area contributed by atoms with Gasteiger partial charge in [-0.1, -0.05) is 0 Å². The molecular formula is C12H19N3O3S. The van der Waals surface area contributed by atoms with Crippen molar-refractivity contribution in [2.24, 2.45) is 0 Å². The van der Waals surface area contributed by atoms with Gasteiger partial charge in [-0.05, 0) is 32.0 Å². The highest BCUT2D eigenvalue weighted by Gasteiger charge is 2.16. The second-order valence-electron chi connectivity index (χ2n) is 4.65. The van der Waals surface area contributed by atoms with E-state index in [-0.39, 0.29) is 6.10 Å². The molecule has 1 saturated heterocycles. The van der Waals surface area contributed by atoms with E-state index in [0.717, 1.165) is 32.2 Å². The van der Waals surface area contributed by atoms with Crippen LogP contribution in [0.4, 0.5) is 5.69 Å². The molecule has 0 atom stereocenters. The minimum Gasteiger partial charge on any atom is -0.474 e.